The van der Waals surface area contributed by atoms with Crippen molar-refractivity contribution in [1.82, 2.24) is 9.55 Å². The number of thiophene rings is 1. The number of nitrogens with two attached hydrogens (primary N) is 1. The average Bonchev–Trinajstić information content (AvgIpc) is 3.05. The number of hydrogen-bond donors (Lipinski definition) is 1. The van der Waals surface area contributed by atoms with E-state index in [1.807, 2.05) is 68.4 Å². The van der Waals surface area contributed by atoms with Gasteiger partial charge in [0.25, 0.3) is 5.56 Å². The zero-order valence-corrected chi connectivity index (χ0v) is 17.3. The summed E-state index contributed by atoms with van der Waals surface area (Å²) >= 11 is 1.49. The summed E-state index contributed by atoms with van der Waals surface area (Å²) in [6.07, 6.45) is 0. The predicted molar refractivity (Wildman–Crippen MR) is 118 cm³/mol. The van der Waals surface area contributed by atoms with E-state index < -0.39 is 11.9 Å². The van der Waals surface area contributed by atoms with Gasteiger partial charge in [0.2, 0.25) is 5.91 Å². The maximum atomic E-state index is 13.7. The van der Waals surface area contributed by atoms with Gasteiger partial charge in [0.15, 0.2) is 0 Å². The second kappa shape index (κ2) is 7.29. The second-order valence-electron chi connectivity index (χ2n) is 7.13. The molecule has 0 spiro atoms. The number of amides is 1. The van der Waals surface area contributed by atoms with Crippen LogP contribution in [-0.2, 0) is 4.79 Å². The summed E-state index contributed by atoms with van der Waals surface area (Å²) < 4.78 is 1.42. The van der Waals surface area contributed by atoms with Crippen LogP contribution in [0.5, 0.6) is 0 Å². The topological polar surface area (TPSA) is 78.0 Å². The number of aryl methyl sites for hydroxylation is 2. The van der Waals surface area contributed by atoms with E-state index in [0.717, 1.165) is 27.1 Å². The van der Waals surface area contributed by atoms with E-state index in [2.05, 4.69) is 0 Å². The van der Waals surface area contributed by atoms with E-state index in [4.69, 9.17) is 10.7 Å². The van der Waals surface area contributed by atoms with Crippen molar-refractivity contribution < 1.29 is 4.79 Å². The molecular formula is C23H21N3O2S. The highest BCUT2D eigenvalue weighted by atomic mass is 32.1. The molecule has 1 atom stereocenters. The van der Waals surface area contributed by atoms with Crippen LogP contribution in [0.1, 0.15) is 23.4 Å². The number of aromatic nitrogens is 2. The number of nitrogens with zero attached hydrogens (tertiary/aromatic N) is 2. The summed E-state index contributed by atoms with van der Waals surface area (Å²) in [4.78, 5) is 32.2. The number of hydrogen-bond acceptors (Lipinski definition) is 4. The molecule has 0 aliphatic rings. The van der Waals surface area contributed by atoms with Crippen molar-refractivity contribution in [3.63, 3.8) is 0 Å². The van der Waals surface area contributed by atoms with E-state index in [1.54, 1.807) is 6.92 Å². The minimum absolute atomic E-state index is 0.250. The van der Waals surface area contributed by atoms with Gasteiger partial charge < -0.3 is 5.73 Å². The second-order valence-corrected chi connectivity index (χ2v) is 8.34. The van der Waals surface area contributed by atoms with Crippen LogP contribution in [0.2, 0.25) is 0 Å². The minimum atomic E-state index is -0.819. The average molecular weight is 404 g/mol. The Hall–Kier alpha value is -3.25. The Balaban J connectivity index is 2.10. The van der Waals surface area contributed by atoms with Crippen LogP contribution >= 0.6 is 11.3 Å². The molecule has 0 aliphatic heterocycles. The van der Waals surface area contributed by atoms with Gasteiger partial charge >= 0.3 is 0 Å². The number of carbonyl (C=O) groups is 1. The Morgan fingerprint density at radius 3 is 2.31 bits per heavy atom. The molecule has 2 heterocycles. The first-order valence-electron chi connectivity index (χ1n) is 9.36. The number of carbonyl (C=O) groups excluding carboxylic acids is 1. The summed E-state index contributed by atoms with van der Waals surface area (Å²) in [5, 5.41) is 0.532. The van der Waals surface area contributed by atoms with Gasteiger partial charge in [-0.2, -0.15) is 0 Å². The first-order valence-corrected chi connectivity index (χ1v) is 10.2. The van der Waals surface area contributed by atoms with Crippen molar-refractivity contribution in [3.8, 4) is 22.5 Å². The monoisotopic (exact) mass is 403 g/mol. The Kier molecular flexibility index (Phi) is 4.80. The van der Waals surface area contributed by atoms with Crippen LogP contribution in [-0.4, -0.2) is 15.5 Å². The quantitative estimate of drug-likeness (QED) is 0.547. The Morgan fingerprint density at radius 2 is 1.69 bits per heavy atom. The predicted octanol–water partition coefficient (Wildman–Crippen LogP) is 4.46. The Morgan fingerprint density at radius 1 is 1.03 bits per heavy atom. The number of rotatable bonds is 4. The lowest BCUT2D eigenvalue weighted by Crippen LogP contribution is -2.33. The van der Waals surface area contributed by atoms with Gasteiger partial charge in [-0.05, 0) is 26.3 Å². The fraction of sp³-hybridized carbons (Fsp3) is 0.174. The zero-order valence-electron chi connectivity index (χ0n) is 16.5. The molecule has 4 aromatic rings. The molecule has 1 amide bonds. The fourth-order valence-electron chi connectivity index (χ4n) is 3.52. The molecule has 5 nitrogen and oxygen atoms in total. The normalized spacial score (nSPS) is 12.2. The first-order chi connectivity index (χ1) is 13.9. The van der Waals surface area contributed by atoms with Crippen molar-refractivity contribution in [2.45, 2.75) is 26.8 Å². The molecule has 0 radical (unpaired) electrons. The lowest BCUT2D eigenvalue weighted by Gasteiger charge is -2.17. The number of primary amides is 1. The fourth-order valence-corrected chi connectivity index (χ4v) is 4.55. The van der Waals surface area contributed by atoms with Crippen LogP contribution in [0.15, 0.2) is 59.4 Å². The lowest BCUT2D eigenvalue weighted by atomic mass is 10.0. The third-order valence-electron chi connectivity index (χ3n) is 5.11. The van der Waals surface area contributed by atoms with Gasteiger partial charge in [-0.25, -0.2) is 4.98 Å². The number of benzene rings is 2. The molecule has 1 unspecified atom stereocenters. The van der Waals surface area contributed by atoms with Crippen LogP contribution in [0, 0.1) is 13.8 Å². The van der Waals surface area contributed by atoms with Crippen molar-refractivity contribution in [3.05, 3.63) is 75.4 Å². The molecule has 2 N–H and O–H groups in total. The van der Waals surface area contributed by atoms with Gasteiger partial charge in [-0.15, -0.1) is 11.3 Å². The maximum absolute atomic E-state index is 13.7. The molecule has 146 valence electrons. The molecule has 29 heavy (non-hydrogen) atoms. The van der Waals surface area contributed by atoms with Crippen LogP contribution in [0.3, 0.4) is 0 Å². The summed E-state index contributed by atoms with van der Waals surface area (Å²) in [5.74, 6) is -0.125. The van der Waals surface area contributed by atoms with Crippen molar-refractivity contribution in [1.29, 1.82) is 0 Å². The van der Waals surface area contributed by atoms with Crippen molar-refractivity contribution in [2.75, 3.05) is 0 Å². The molecule has 0 saturated carbocycles. The molecule has 2 aromatic carbocycles. The molecular weight excluding hydrogens is 382 g/mol. The van der Waals surface area contributed by atoms with E-state index in [1.165, 1.54) is 15.9 Å². The van der Waals surface area contributed by atoms with Crippen LogP contribution in [0.4, 0.5) is 0 Å². The van der Waals surface area contributed by atoms with Crippen molar-refractivity contribution >= 4 is 27.5 Å². The molecule has 4 rings (SSSR count). The molecule has 2 aromatic heterocycles. The zero-order chi connectivity index (χ0) is 20.7. The Bertz CT molecular complexity index is 1270. The van der Waals surface area contributed by atoms with Crippen LogP contribution in [0.25, 0.3) is 32.7 Å². The minimum Gasteiger partial charge on any atom is -0.368 e. The largest absolute Gasteiger partial charge is 0.368 e. The molecule has 0 bridgehead atoms. The van der Waals surface area contributed by atoms with Crippen molar-refractivity contribution in [2.24, 2.45) is 5.73 Å². The van der Waals surface area contributed by atoms with Gasteiger partial charge in [0.1, 0.15) is 16.7 Å². The maximum Gasteiger partial charge on any atom is 0.263 e. The SMILES string of the molecule is Cc1ccc(-c2c(C)sc3nc(-c4ccccc4)n(C(C)C(N)=O)c(=O)c23)cc1. The lowest BCUT2D eigenvalue weighted by molar-refractivity contribution is -0.120. The first kappa shape index (κ1) is 19.1. The third kappa shape index (κ3) is 3.25. The van der Waals surface area contributed by atoms with Crippen LogP contribution < -0.4 is 11.3 Å². The summed E-state index contributed by atoms with van der Waals surface area (Å²) in [6.45, 7) is 5.65. The molecule has 0 fully saturated rings. The van der Waals surface area contributed by atoms with E-state index in [9.17, 15) is 9.59 Å². The number of fused-ring (bicyclic) bond motifs is 1. The smallest absolute Gasteiger partial charge is 0.263 e. The van der Waals surface area contributed by atoms with E-state index >= 15 is 0 Å². The standard InChI is InChI=1S/C23H21N3O2S/c1-13-9-11-16(12-10-13)18-15(3)29-22-19(18)23(28)26(14(2)20(24)27)21(25-22)17-7-5-4-6-8-17/h4-12,14H,1-3H3,(H2,24,27). The highest BCUT2D eigenvalue weighted by Gasteiger charge is 2.24. The third-order valence-corrected chi connectivity index (χ3v) is 6.10. The molecule has 0 aliphatic carbocycles. The molecule has 6 heteroatoms. The summed E-state index contributed by atoms with van der Waals surface area (Å²) in [7, 11) is 0. The van der Waals surface area contributed by atoms with Gasteiger partial charge in [0, 0.05) is 16.0 Å². The molecule has 0 saturated heterocycles. The summed E-state index contributed by atoms with van der Waals surface area (Å²) in [6, 6.07) is 16.6. The van der Waals surface area contributed by atoms with E-state index in [0.29, 0.717) is 16.0 Å². The van der Waals surface area contributed by atoms with Gasteiger partial charge in [-0.1, -0.05) is 60.2 Å². The summed E-state index contributed by atoms with van der Waals surface area (Å²) in [5.41, 5.74) is 9.07. The van der Waals surface area contributed by atoms with Gasteiger partial charge in [-0.3, -0.25) is 14.2 Å². The Labute approximate surface area is 172 Å². The highest BCUT2D eigenvalue weighted by molar-refractivity contribution is 7.19. The van der Waals surface area contributed by atoms with Gasteiger partial charge in [0.05, 0.1) is 5.39 Å². The highest BCUT2D eigenvalue weighted by Crippen LogP contribution is 2.37. The van der Waals surface area contributed by atoms with E-state index in [-0.39, 0.29) is 5.56 Å².